The van der Waals surface area contributed by atoms with Crippen LogP contribution in [0.4, 0.5) is 0 Å². The highest BCUT2D eigenvalue weighted by molar-refractivity contribution is 5.96. The number of rotatable bonds is 6. The minimum Gasteiger partial charge on any atom is -0.480 e. The second-order valence-corrected chi connectivity index (χ2v) is 3.98. The molecule has 0 saturated carbocycles. The van der Waals surface area contributed by atoms with E-state index in [2.05, 4.69) is 16.6 Å². The summed E-state index contributed by atoms with van der Waals surface area (Å²) in [6, 6.07) is 0.869. The van der Waals surface area contributed by atoms with Gasteiger partial charge in [-0.1, -0.05) is 0 Å². The molecule has 0 aliphatic heterocycles. The maximum absolute atomic E-state index is 11.7. The summed E-state index contributed by atoms with van der Waals surface area (Å²) in [7, 11) is 0. The Bertz CT molecular complexity index is 529. The highest BCUT2D eigenvalue weighted by Crippen LogP contribution is 2.00. The van der Waals surface area contributed by atoms with Gasteiger partial charge in [0, 0.05) is 6.42 Å². The molecule has 0 aromatic carbocycles. The van der Waals surface area contributed by atoms with E-state index in [4.69, 9.17) is 15.9 Å². The number of carboxylic acids is 1. The Morgan fingerprint density at radius 1 is 1.45 bits per heavy atom. The Kier molecular flexibility index (Phi) is 5.35. The van der Waals surface area contributed by atoms with Gasteiger partial charge in [0.1, 0.15) is 12.1 Å². The van der Waals surface area contributed by atoms with Crippen molar-refractivity contribution in [2.24, 2.45) is 0 Å². The average Bonchev–Trinajstić information content (AvgIpc) is 2.91. The first-order valence-corrected chi connectivity index (χ1v) is 5.76. The zero-order chi connectivity index (χ0) is 15.1. The summed E-state index contributed by atoms with van der Waals surface area (Å²) >= 11 is 0. The Hall–Kier alpha value is -2.75. The highest BCUT2D eigenvalue weighted by atomic mass is 16.4. The van der Waals surface area contributed by atoms with E-state index in [0.29, 0.717) is 0 Å². The molecule has 1 rings (SSSR count). The summed E-state index contributed by atoms with van der Waals surface area (Å²) in [6.07, 6.45) is 6.20. The van der Waals surface area contributed by atoms with Crippen LogP contribution in [0.2, 0.25) is 0 Å². The maximum Gasteiger partial charge on any atom is 0.327 e. The molecule has 2 amide bonds. The average molecular weight is 278 g/mol. The summed E-state index contributed by atoms with van der Waals surface area (Å²) < 4.78 is 4.87. The molecule has 7 heteroatoms. The SMILES string of the molecule is C#CCC(NC(=O)C(C)NC(=O)c1ccco1)C(=O)O. The molecule has 1 aromatic rings. The van der Waals surface area contributed by atoms with E-state index in [1.807, 2.05) is 0 Å². The molecular formula is C13H14N2O5. The topological polar surface area (TPSA) is 109 Å². The Morgan fingerprint density at radius 2 is 2.15 bits per heavy atom. The van der Waals surface area contributed by atoms with Gasteiger partial charge < -0.3 is 20.2 Å². The predicted molar refractivity (Wildman–Crippen MR) is 68.7 cm³/mol. The number of terminal acetylenes is 1. The lowest BCUT2D eigenvalue weighted by molar-refractivity contribution is -0.141. The van der Waals surface area contributed by atoms with Crippen LogP contribution in [-0.2, 0) is 9.59 Å². The van der Waals surface area contributed by atoms with E-state index >= 15 is 0 Å². The largest absolute Gasteiger partial charge is 0.480 e. The van der Waals surface area contributed by atoms with Crippen molar-refractivity contribution in [1.29, 1.82) is 0 Å². The van der Waals surface area contributed by atoms with Crippen LogP contribution in [-0.4, -0.2) is 35.0 Å². The number of amides is 2. The molecule has 3 N–H and O–H groups in total. The summed E-state index contributed by atoms with van der Waals surface area (Å²) in [5.74, 6) is -0.232. The van der Waals surface area contributed by atoms with E-state index in [0.717, 1.165) is 0 Å². The quantitative estimate of drug-likeness (QED) is 0.634. The van der Waals surface area contributed by atoms with Crippen molar-refractivity contribution < 1.29 is 23.9 Å². The lowest BCUT2D eigenvalue weighted by Gasteiger charge is -2.16. The van der Waals surface area contributed by atoms with Crippen LogP contribution in [0.5, 0.6) is 0 Å². The van der Waals surface area contributed by atoms with Gasteiger partial charge in [-0.2, -0.15) is 0 Å². The van der Waals surface area contributed by atoms with Gasteiger partial charge in [-0.3, -0.25) is 9.59 Å². The third kappa shape index (κ3) is 4.17. The van der Waals surface area contributed by atoms with Crippen LogP contribution in [0.25, 0.3) is 0 Å². The lowest BCUT2D eigenvalue weighted by Crippen LogP contribution is -2.50. The fourth-order valence-electron chi connectivity index (χ4n) is 1.36. The van der Waals surface area contributed by atoms with Crippen molar-refractivity contribution in [1.82, 2.24) is 10.6 Å². The van der Waals surface area contributed by atoms with Crippen LogP contribution in [0.3, 0.4) is 0 Å². The molecule has 7 nitrogen and oxygen atoms in total. The first-order chi connectivity index (χ1) is 9.45. The van der Waals surface area contributed by atoms with Gasteiger partial charge in [0.2, 0.25) is 5.91 Å². The molecule has 0 spiro atoms. The van der Waals surface area contributed by atoms with Crippen molar-refractivity contribution in [3.63, 3.8) is 0 Å². The van der Waals surface area contributed by atoms with Gasteiger partial charge in [0.15, 0.2) is 5.76 Å². The Labute approximate surface area is 115 Å². The summed E-state index contributed by atoms with van der Waals surface area (Å²) in [5, 5.41) is 13.5. The minimum atomic E-state index is -1.24. The highest BCUT2D eigenvalue weighted by Gasteiger charge is 2.23. The number of hydrogen-bond donors (Lipinski definition) is 3. The molecule has 20 heavy (non-hydrogen) atoms. The molecule has 2 unspecified atom stereocenters. The molecule has 0 aliphatic carbocycles. The van der Waals surface area contributed by atoms with Gasteiger partial charge in [-0.05, 0) is 19.1 Å². The molecule has 2 atom stereocenters. The summed E-state index contributed by atoms with van der Waals surface area (Å²) in [5.41, 5.74) is 0. The number of aliphatic carboxylic acids is 1. The van der Waals surface area contributed by atoms with E-state index in [9.17, 15) is 14.4 Å². The van der Waals surface area contributed by atoms with E-state index < -0.39 is 29.9 Å². The monoisotopic (exact) mass is 278 g/mol. The lowest BCUT2D eigenvalue weighted by atomic mass is 10.2. The fraction of sp³-hybridized carbons (Fsp3) is 0.308. The zero-order valence-electron chi connectivity index (χ0n) is 10.8. The van der Waals surface area contributed by atoms with E-state index in [1.54, 1.807) is 0 Å². The van der Waals surface area contributed by atoms with Crippen LogP contribution in [0.15, 0.2) is 22.8 Å². The molecule has 0 bridgehead atoms. The smallest absolute Gasteiger partial charge is 0.327 e. The van der Waals surface area contributed by atoms with Crippen LogP contribution in [0, 0.1) is 12.3 Å². The van der Waals surface area contributed by atoms with Crippen molar-refractivity contribution in [3.8, 4) is 12.3 Å². The number of hydrogen-bond acceptors (Lipinski definition) is 4. The van der Waals surface area contributed by atoms with Crippen molar-refractivity contribution >= 4 is 17.8 Å². The van der Waals surface area contributed by atoms with Gasteiger partial charge in [-0.25, -0.2) is 4.79 Å². The fourth-order valence-corrected chi connectivity index (χ4v) is 1.36. The molecule has 0 fully saturated rings. The van der Waals surface area contributed by atoms with Crippen LogP contribution < -0.4 is 10.6 Å². The third-order valence-electron chi connectivity index (χ3n) is 2.42. The molecule has 1 aromatic heterocycles. The molecule has 1 heterocycles. The van der Waals surface area contributed by atoms with Gasteiger partial charge in [0.05, 0.1) is 6.26 Å². The number of furan rings is 1. The molecule has 0 radical (unpaired) electrons. The molecule has 106 valence electrons. The van der Waals surface area contributed by atoms with Gasteiger partial charge >= 0.3 is 5.97 Å². The predicted octanol–water partition coefficient (Wildman–Crippen LogP) is -0.00940. The zero-order valence-corrected chi connectivity index (χ0v) is 10.8. The first kappa shape index (κ1) is 15.3. The summed E-state index contributed by atoms with van der Waals surface area (Å²) in [4.78, 5) is 34.2. The normalized spacial score (nSPS) is 12.8. The standard InChI is InChI=1S/C13H14N2O5/c1-3-5-9(13(18)19)15-11(16)8(2)14-12(17)10-6-4-7-20-10/h1,4,6-9H,5H2,2H3,(H,14,17)(H,15,16)(H,18,19). The van der Waals surface area contributed by atoms with Crippen molar-refractivity contribution in [3.05, 3.63) is 24.2 Å². The van der Waals surface area contributed by atoms with Gasteiger partial charge in [-0.15, -0.1) is 12.3 Å². The summed E-state index contributed by atoms with van der Waals surface area (Å²) in [6.45, 7) is 1.42. The Morgan fingerprint density at radius 3 is 2.65 bits per heavy atom. The number of carbonyl (C=O) groups is 3. The van der Waals surface area contributed by atoms with E-state index in [1.165, 1.54) is 25.3 Å². The van der Waals surface area contributed by atoms with Crippen molar-refractivity contribution in [2.75, 3.05) is 0 Å². The van der Waals surface area contributed by atoms with Crippen LogP contribution in [0.1, 0.15) is 23.9 Å². The maximum atomic E-state index is 11.7. The molecule has 0 saturated heterocycles. The van der Waals surface area contributed by atoms with E-state index in [-0.39, 0.29) is 12.2 Å². The second-order valence-electron chi connectivity index (χ2n) is 3.98. The Balaban J connectivity index is 2.56. The first-order valence-electron chi connectivity index (χ1n) is 5.76. The minimum absolute atomic E-state index is 0.0584. The van der Waals surface area contributed by atoms with Crippen LogP contribution >= 0.6 is 0 Å². The second kappa shape index (κ2) is 6.99. The number of carbonyl (C=O) groups excluding carboxylic acids is 2. The van der Waals surface area contributed by atoms with Crippen molar-refractivity contribution in [2.45, 2.75) is 25.4 Å². The molecular weight excluding hydrogens is 264 g/mol. The molecule has 0 aliphatic rings. The third-order valence-corrected chi connectivity index (χ3v) is 2.42. The number of carboxylic acid groups (broad SMARTS) is 1. The number of nitrogens with one attached hydrogen (secondary N) is 2. The van der Waals surface area contributed by atoms with Gasteiger partial charge in [0.25, 0.3) is 5.91 Å².